The maximum atomic E-state index is 12.0. The molecule has 6 N–H and O–H groups in total. The van der Waals surface area contributed by atoms with E-state index in [1.165, 1.54) is 6.20 Å². The van der Waals surface area contributed by atoms with E-state index in [0.717, 1.165) is 24.8 Å². The van der Waals surface area contributed by atoms with Crippen molar-refractivity contribution >= 4 is 5.78 Å². The maximum Gasteiger partial charge on any atom is 0.163 e. The molecule has 2 rings (SSSR count). The molecular formula is C11H17N3O. The Balaban J connectivity index is 2.27. The Kier molecular flexibility index (Phi) is 2.31. The van der Waals surface area contributed by atoms with Gasteiger partial charge in [-0.2, -0.15) is 0 Å². The van der Waals surface area contributed by atoms with Gasteiger partial charge in [0.1, 0.15) is 0 Å². The predicted molar refractivity (Wildman–Crippen MR) is 58.4 cm³/mol. The first-order valence-corrected chi connectivity index (χ1v) is 5.28. The second-order valence-corrected chi connectivity index (χ2v) is 4.56. The lowest BCUT2D eigenvalue weighted by molar-refractivity contribution is -0.118. The van der Waals surface area contributed by atoms with Crippen molar-refractivity contribution in [2.24, 2.45) is 23.1 Å². The molecule has 0 aliphatic heterocycles. The van der Waals surface area contributed by atoms with Crippen LogP contribution in [0.3, 0.4) is 0 Å². The van der Waals surface area contributed by atoms with Crippen LogP contribution in [0.1, 0.15) is 25.7 Å². The lowest BCUT2D eigenvalue weighted by Crippen LogP contribution is -2.40. The first kappa shape index (κ1) is 10.2. The molecule has 0 aromatic heterocycles. The average Bonchev–Trinajstić information content (AvgIpc) is 2.66. The van der Waals surface area contributed by atoms with Crippen LogP contribution in [0.2, 0.25) is 0 Å². The molecule has 0 amide bonds. The molecule has 0 aromatic carbocycles. The molecule has 2 fully saturated rings. The zero-order valence-corrected chi connectivity index (χ0v) is 8.70. The van der Waals surface area contributed by atoms with Gasteiger partial charge in [-0.3, -0.25) is 4.79 Å². The largest absolute Gasteiger partial charge is 0.403 e. The summed E-state index contributed by atoms with van der Waals surface area (Å²) in [6, 6.07) is 0. The van der Waals surface area contributed by atoms with Crippen molar-refractivity contribution in [1.82, 2.24) is 0 Å². The second kappa shape index (κ2) is 3.38. The molecule has 0 unspecified atom stereocenters. The Hall–Kier alpha value is -1.29. The van der Waals surface area contributed by atoms with Gasteiger partial charge in [0.2, 0.25) is 0 Å². The SMILES string of the molecule is N/C=C(N)/C=C1/C[C@@]2(N)CCC[C@H]2C1=O. The second-order valence-electron chi connectivity index (χ2n) is 4.56. The van der Waals surface area contributed by atoms with Gasteiger partial charge in [-0.05, 0) is 30.9 Å². The molecule has 0 aromatic rings. The molecule has 2 atom stereocenters. The summed E-state index contributed by atoms with van der Waals surface area (Å²) in [5.74, 6) is 0.175. The number of Topliss-reactive ketones (excluding diaryl/α,β-unsaturated/α-hetero) is 1. The van der Waals surface area contributed by atoms with Gasteiger partial charge >= 0.3 is 0 Å². The lowest BCUT2D eigenvalue weighted by Gasteiger charge is -2.20. The highest BCUT2D eigenvalue weighted by Crippen LogP contribution is 2.45. The van der Waals surface area contributed by atoms with E-state index >= 15 is 0 Å². The molecule has 0 bridgehead atoms. The summed E-state index contributed by atoms with van der Waals surface area (Å²) in [7, 11) is 0. The zero-order valence-electron chi connectivity index (χ0n) is 8.70. The molecule has 2 saturated carbocycles. The fourth-order valence-corrected chi connectivity index (χ4v) is 2.74. The van der Waals surface area contributed by atoms with E-state index in [0.29, 0.717) is 12.1 Å². The van der Waals surface area contributed by atoms with Gasteiger partial charge < -0.3 is 17.2 Å². The van der Waals surface area contributed by atoms with Crippen LogP contribution in [0.15, 0.2) is 23.5 Å². The van der Waals surface area contributed by atoms with Crippen molar-refractivity contribution in [1.29, 1.82) is 0 Å². The first-order valence-electron chi connectivity index (χ1n) is 5.28. The number of ketones is 1. The third-order valence-electron chi connectivity index (χ3n) is 3.51. The summed E-state index contributed by atoms with van der Waals surface area (Å²) in [5, 5.41) is 0. The van der Waals surface area contributed by atoms with Gasteiger partial charge in [0.05, 0.1) is 0 Å². The van der Waals surface area contributed by atoms with Crippen LogP contribution in [0.25, 0.3) is 0 Å². The van der Waals surface area contributed by atoms with Crippen molar-refractivity contribution in [3.05, 3.63) is 23.5 Å². The highest BCUT2D eigenvalue weighted by Gasteiger charge is 2.50. The summed E-state index contributed by atoms with van der Waals surface area (Å²) in [6.45, 7) is 0. The third-order valence-corrected chi connectivity index (χ3v) is 3.51. The number of hydrogen-bond acceptors (Lipinski definition) is 4. The molecular weight excluding hydrogens is 190 g/mol. The predicted octanol–water partition coefficient (Wildman–Crippen LogP) is 0.142. The maximum absolute atomic E-state index is 12.0. The number of allylic oxidation sites excluding steroid dienone is 1. The molecule has 0 heterocycles. The monoisotopic (exact) mass is 207 g/mol. The Morgan fingerprint density at radius 3 is 2.87 bits per heavy atom. The van der Waals surface area contributed by atoms with Crippen LogP contribution in [-0.2, 0) is 4.79 Å². The number of carbonyl (C=O) groups is 1. The van der Waals surface area contributed by atoms with Gasteiger partial charge in [-0.15, -0.1) is 0 Å². The lowest BCUT2D eigenvalue weighted by atomic mass is 9.92. The highest BCUT2D eigenvalue weighted by atomic mass is 16.1. The summed E-state index contributed by atoms with van der Waals surface area (Å²) < 4.78 is 0. The number of fused-ring (bicyclic) bond motifs is 1. The van der Waals surface area contributed by atoms with E-state index < -0.39 is 0 Å². The number of rotatable bonds is 1. The summed E-state index contributed by atoms with van der Waals surface area (Å²) in [6.07, 6.45) is 6.52. The minimum Gasteiger partial charge on any atom is -0.403 e. The van der Waals surface area contributed by atoms with Crippen molar-refractivity contribution < 1.29 is 4.79 Å². The standard InChI is InChI=1S/C11H17N3O/c12-6-8(13)4-7-5-11(14)3-1-2-9(11)10(7)15/h4,6,9H,1-3,5,12-14H2/b7-4-,8-6-/t9-,11-/m0/s1. The Morgan fingerprint density at radius 2 is 2.27 bits per heavy atom. The summed E-state index contributed by atoms with van der Waals surface area (Å²) in [5.41, 5.74) is 17.9. The topological polar surface area (TPSA) is 95.1 Å². The van der Waals surface area contributed by atoms with Gasteiger partial charge in [-0.1, -0.05) is 6.42 Å². The van der Waals surface area contributed by atoms with E-state index in [9.17, 15) is 4.79 Å². The normalized spacial score (nSPS) is 38.7. The minimum absolute atomic E-state index is 0.00863. The van der Waals surface area contributed by atoms with Gasteiger partial charge in [-0.25, -0.2) is 0 Å². The van der Waals surface area contributed by atoms with Crippen molar-refractivity contribution in [2.75, 3.05) is 0 Å². The summed E-state index contributed by atoms with van der Waals surface area (Å²) in [4.78, 5) is 12.0. The molecule has 4 heteroatoms. The Labute approximate surface area is 89.2 Å². The van der Waals surface area contributed by atoms with Crippen molar-refractivity contribution in [3.8, 4) is 0 Å². The fraction of sp³-hybridized carbons (Fsp3) is 0.545. The third kappa shape index (κ3) is 1.55. The van der Waals surface area contributed by atoms with Crippen LogP contribution in [0, 0.1) is 5.92 Å². The quantitative estimate of drug-likeness (QED) is 0.533. The molecule has 0 spiro atoms. The summed E-state index contributed by atoms with van der Waals surface area (Å²) >= 11 is 0. The zero-order chi connectivity index (χ0) is 11.1. The number of hydrogen-bond donors (Lipinski definition) is 3. The molecule has 0 saturated heterocycles. The first-order chi connectivity index (χ1) is 7.07. The van der Waals surface area contributed by atoms with Crippen LogP contribution in [0.5, 0.6) is 0 Å². The molecule has 0 radical (unpaired) electrons. The van der Waals surface area contributed by atoms with Crippen LogP contribution in [-0.4, -0.2) is 11.3 Å². The van der Waals surface area contributed by atoms with Crippen LogP contribution >= 0.6 is 0 Å². The van der Waals surface area contributed by atoms with E-state index in [1.807, 2.05) is 0 Å². The van der Waals surface area contributed by atoms with Gasteiger partial charge in [0.15, 0.2) is 5.78 Å². The van der Waals surface area contributed by atoms with Crippen LogP contribution in [0.4, 0.5) is 0 Å². The van der Waals surface area contributed by atoms with Crippen LogP contribution < -0.4 is 17.2 Å². The molecule has 15 heavy (non-hydrogen) atoms. The number of nitrogens with two attached hydrogens (primary N) is 3. The smallest absolute Gasteiger partial charge is 0.163 e. The van der Waals surface area contributed by atoms with Gasteiger partial charge in [0, 0.05) is 23.4 Å². The van der Waals surface area contributed by atoms with Crippen molar-refractivity contribution in [3.63, 3.8) is 0 Å². The highest BCUT2D eigenvalue weighted by molar-refractivity contribution is 6.01. The molecule has 2 aliphatic carbocycles. The van der Waals surface area contributed by atoms with Crippen molar-refractivity contribution in [2.45, 2.75) is 31.2 Å². The molecule has 82 valence electrons. The Bertz CT molecular complexity index is 359. The molecule has 2 aliphatic rings. The van der Waals surface area contributed by atoms with Gasteiger partial charge in [0.25, 0.3) is 0 Å². The minimum atomic E-state index is -0.308. The van der Waals surface area contributed by atoms with E-state index in [-0.39, 0.29) is 17.2 Å². The average molecular weight is 207 g/mol. The van der Waals surface area contributed by atoms with E-state index in [1.54, 1.807) is 6.08 Å². The Morgan fingerprint density at radius 1 is 1.53 bits per heavy atom. The van der Waals surface area contributed by atoms with E-state index in [4.69, 9.17) is 17.2 Å². The molecule has 4 nitrogen and oxygen atoms in total. The fourth-order valence-electron chi connectivity index (χ4n) is 2.74. The number of carbonyl (C=O) groups excluding carboxylic acids is 1. The van der Waals surface area contributed by atoms with E-state index in [2.05, 4.69) is 0 Å².